The Morgan fingerprint density at radius 2 is 1.64 bits per heavy atom. The molecular weight excluding hydrogens is 352 g/mol. The van der Waals surface area contributed by atoms with Gasteiger partial charge in [-0.3, -0.25) is 4.79 Å². The lowest BCUT2D eigenvalue weighted by atomic mass is 10.0. The summed E-state index contributed by atoms with van der Waals surface area (Å²) in [5.41, 5.74) is 2.50. The second kappa shape index (κ2) is 8.44. The third-order valence-electron chi connectivity index (χ3n) is 5.62. The molecule has 2 heterocycles. The molecule has 2 aromatic rings. The zero-order chi connectivity index (χ0) is 19.3. The highest BCUT2D eigenvalue weighted by Gasteiger charge is 2.38. The minimum Gasteiger partial charge on any atom is -0.352 e. The predicted octanol–water partition coefficient (Wildman–Crippen LogP) is 2.34. The third-order valence-corrected chi connectivity index (χ3v) is 5.62. The number of urea groups is 1. The molecule has 6 nitrogen and oxygen atoms in total. The van der Waals surface area contributed by atoms with Gasteiger partial charge in [0.05, 0.1) is 0 Å². The monoisotopic (exact) mass is 378 g/mol. The first-order valence-electron chi connectivity index (χ1n) is 9.88. The topological polar surface area (TPSA) is 73.5 Å². The lowest BCUT2D eigenvalue weighted by Crippen LogP contribution is -2.35. The summed E-state index contributed by atoms with van der Waals surface area (Å²) in [4.78, 5) is 26.6. The predicted molar refractivity (Wildman–Crippen MR) is 109 cm³/mol. The van der Waals surface area contributed by atoms with Crippen LogP contribution in [0.5, 0.6) is 0 Å². The first-order chi connectivity index (χ1) is 13.7. The van der Waals surface area contributed by atoms with Gasteiger partial charge in [-0.15, -0.1) is 0 Å². The number of rotatable bonds is 5. The maximum Gasteiger partial charge on any atom is 0.321 e. The van der Waals surface area contributed by atoms with Gasteiger partial charge in [-0.25, -0.2) is 4.79 Å². The maximum atomic E-state index is 12.5. The van der Waals surface area contributed by atoms with E-state index in [2.05, 4.69) is 16.0 Å². The Morgan fingerprint density at radius 1 is 0.964 bits per heavy atom. The normalized spacial score (nSPS) is 20.6. The van der Waals surface area contributed by atoms with Crippen molar-refractivity contribution in [2.24, 2.45) is 11.8 Å². The molecule has 146 valence electrons. The minimum absolute atomic E-state index is 0.0607. The summed E-state index contributed by atoms with van der Waals surface area (Å²) in [5.74, 6) is 1.05. The smallest absolute Gasteiger partial charge is 0.321 e. The molecule has 4 rings (SSSR count). The third kappa shape index (κ3) is 4.34. The van der Waals surface area contributed by atoms with Gasteiger partial charge in [0, 0.05) is 44.0 Å². The van der Waals surface area contributed by atoms with Crippen LogP contribution in [0.2, 0.25) is 0 Å². The lowest BCUT2D eigenvalue weighted by molar-refractivity contribution is 0.0954. The number of hydrogen-bond acceptors (Lipinski definition) is 3. The van der Waals surface area contributed by atoms with Crippen LogP contribution in [0, 0.1) is 11.8 Å². The van der Waals surface area contributed by atoms with Crippen LogP contribution in [0.3, 0.4) is 0 Å². The number of nitrogens with one attached hydrogen (secondary N) is 3. The Labute approximate surface area is 165 Å². The summed E-state index contributed by atoms with van der Waals surface area (Å²) < 4.78 is 0. The van der Waals surface area contributed by atoms with E-state index < -0.39 is 0 Å². The van der Waals surface area contributed by atoms with Gasteiger partial charge >= 0.3 is 6.03 Å². The molecular formula is C22H26N4O2. The highest BCUT2D eigenvalue weighted by atomic mass is 16.2. The number of anilines is 1. The number of carbonyl (C=O) groups is 2. The SMILES string of the molecule is O=C(NCCc1ccccc1)c1ccc(NC(=O)N2C[C@H]3CNC[C@H]3C2)cc1. The standard InChI is InChI=1S/C22H26N4O2/c27-21(24-11-10-16-4-2-1-3-5-16)17-6-8-20(9-7-17)25-22(28)26-14-18-12-23-13-19(18)15-26/h1-9,18-19,23H,10-15H2,(H,24,27)(H,25,28)/t18-,19+. The molecule has 0 spiro atoms. The van der Waals surface area contributed by atoms with Crippen molar-refractivity contribution in [3.63, 3.8) is 0 Å². The molecule has 0 aromatic heterocycles. The Hall–Kier alpha value is -2.86. The number of amides is 3. The van der Waals surface area contributed by atoms with Crippen molar-refractivity contribution in [1.82, 2.24) is 15.5 Å². The van der Waals surface area contributed by atoms with Crippen molar-refractivity contribution in [1.29, 1.82) is 0 Å². The zero-order valence-corrected chi connectivity index (χ0v) is 15.9. The van der Waals surface area contributed by atoms with E-state index in [0.717, 1.165) is 32.6 Å². The molecule has 2 saturated heterocycles. The Morgan fingerprint density at radius 3 is 2.32 bits per heavy atom. The molecule has 6 heteroatoms. The molecule has 0 bridgehead atoms. The number of benzene rings is 2. The number of fused-ring (bicyclic) bond motifs is 1. The molecule has 0 saturated carbocycles. The first kappa shape index (κ1) is 18.5. The van der Waals surface area contributed by atoms with Gasteiger partial charge in [0.15, 0.2) is 0 Å². The molecule has 2 aliphatic rings. The Kier molecular flexibility index (Phi) is 5.58. The molecule has 2 fully saturated rings. The van der Waals surface area contributed by atoms with Crippen molar-refractivity contribution in [2.45, 2.75) is 6.42 Å². The second-order valence-corrected chi connectivity index (χ2v) is 7.58. The highest BCUT2D eigenvalue weighted by molar-refractivity contribution is 5.95. The number of carbonyl (C=O) groups excluding carboxylic acids is 2. The van der Waals surface area contributed by atoms with E-state index in [-0.39, 0.29) is 11.9 Å². The van der Waals surface area contributed by atoms with Gasteiger partial charge in [-0.05, 0) is 48.1 Å². The molecule has 3 N–H and O–H groups in total. The summed E-state index contributed by atoms with van der Waals surface area (Å²) in [5, 5.41) is 9.25. The number of likely N-dealkylation sites (tertiary alicyclic amines) is 1. The molecule has 2 atom stereocenters. The number of hydrogen-bond donors (Lipinski definition) is 3. The van der Waals surface area contributed by atoms with E-state index in [9.17, 15) is 9.59 Å². The first-order valence-corrected chi connectivity index (χ1v) is 9.88. The van der Waals surface area contributed by atoms with Gasteiger partial charge < -0.3 is 20.9 Å². The van der Waals surface area contributed by atoms with Gasteiger partial charge in [0.25, 0.3) is 5.91 Å². The molecule has 2 aliphatic heterocycles. The van der Waals surface area contributed by atoms with E-state index in [4.69, 9.17) is 0 Å². The highest BCUT2D eigenvalue weighted by Crippen LogP contribution is 2.26. The van der Waals surface area contributed by atoms with Gasteiger partial charge in [0.1, 0.15) is 0 Å². The summed E-state index contributed by atoms with van der Waals surface area (Å²) in [6.45, 7) is 4.22. The van der Waals surface area contributed by atoms with Crippen LogP contribution in [0.4, 0.5) is 10.5 Å². The van der Waals surface area contributed by atoms with Crippen molar-refractivity contribution >= 4 is 17.6 Å². The molecule has 0 unspecified atom stereocenters. The quantitative estimate of drug-likeness (QED) is 0.748. The van der Waals surface area contributed by atoms with Crippen LogP contribution in [-0.4, -0.2) is 49.6 Å². The summed E-state index contributed by atoms with van der Waals surface area (Å²) in [6.07, 6.45) is 0.800. The van der Waals surface area contributed by atoms with Crippen LogP contribution >= 0.6 is 0 Å². The van der Waals surface area contributed by atoms with Crippen molar-refractivity contribution < 1.29 is 9.59 Å². The molecule has 28 heavy (non-hydrogen) atoms. The lowest BCUT2D eigenvalue weighted by Gasteiger charge is -2.18. The van der Waals surface area contributed by atoms with E-state index in [1.54, 1.807) is 24.3 Å². The average molecular weight is 378 g/mol. The Bertz CT molecular complexity index is 810. The van der Waals surface area contributed by atoms with Gasteiger partial charge in [0.2, 0.25) is 0 Å². The fourth-order valence-corrected chi connectivity index (χ4v) is 4.00. The fourth-order valence-electron chi connectivity index (χ4n) is 4.00. The van der Waals surface area contributed by atoms with Gasteiger partial charge in [-0.1, -0.05) is 30.3 Å². The number of nitrogens with zero attached hydrogens (tertiary/aromatic N) is 1. The van der Waals surface area contributed by atoms with Crippen LogP contribution in [0.15, 0.2) is 54.6 Å². The average Bonchev–Trinajstić information content (AvgIpc) is 3.31. The van der Waals surface area contributed by atoms with Crippen LogP contribution < -0.4 is 16.0 Å². The van der Waals surface area contributed by atoms with Gasteiger partial charge in [-0.2, -0.15) is 0 Å². The van der Waals surface area contributed by atoms with Crippen LogP contribution in [0.1, 0.15) is 15.9 Å². The molecule has 3 amide bonds. The summed E-state index contributed by atoms with van der Waals surface area (Å²) in [7, 11) is 0. The molecule has 2 aromatic carbocycles. The fraction of sp³-hybridized carbons (Fsp3) is 0.364. The van der Waals surface area contributed by atoms with Crippen LogP contribution in [0.25, 0.3) is 0 Å². The van der Waals surface area contributed by atoms with E-state index in [1.165, 1.54) is 5.56 Å². The Balaban J connectivity index is 1.25. The molecule has 0 radical (unpaired) electrons. The van der Waals surface area contributed by atoms with E-state index >= 15 is 0 Å². The van der Waals surface area contributed by atoms with E-state index in [1.807, 2.05) is 35.2 Å². The summed E-state index contributed by atoms with van der Waals surface area (Å²) >= 11 is 0. The van der Waals surface area contributed by atoms with Crippen molar-refractivity contribution in [2.75, 3.05) is 38.0 Å². The minimum atomic E-state index is -0.103. The molecule has 0 aliphatic carbocycles. The second-order valence-electron chi connectivity index (χ2n) is 7.58. The zero-order valence-electron chi connectivity index (χ0n) is 15.9. The van der Waals surface area contributed by atoms with Crippen molar-refractivity contribution in [3.8, 4) is 0 Å². The maximum absolute atomic E-state index is 12.5. The van der Waals surface area contributed by atoms with E-state index in [0.29, 0.717) is 29.6 Å². The van der Waals surface area contributed by atoms with Crippen LogP contribution in [-0.2, 0) is 6.42 Å². The largest absolute Gasteiger partial charge is 0.352 e. The van der Waals surface area contributed by atoms with Crippen molar-refractivity contribution in [3.05, 3.63) is 65.7 Å². The summed E-state index contributed by atoms with van der Waals surface area (Å²) in [6, 6.07) is 17.1.